The third kappa shape index (κ3) is 4.31. The summed E-state index contributed by atoms with van der Waals surface area (Å²) in [5, 5.41) is 0. The maximum atomic E-state index is 12.8. The first kappa shape index (κ1) is 21.4. The molecule has 158 valence electrons. The van der Waals surface area contributed by atoms with Crippen molar-refractivity contribution in [2.24, 2.45) is 0 Å². The van der Waals surface area contributed by atoms with Gasteiger partial charge in [0.2, 0.25) is 11.8 Å². The van der Waals surface area contributed by atoms with Gasteiger partial charge in [0.15, 0.2) is 0 Å². The highest BCUT2D eigenvalue weighted by Crippen LogP contribution is 2.37. The van der Waals surface area contributed by atoms with E-state index in [4.69, 9.17) is 0 Å². The van der Waals surface area contributed by atoms with Crippen LogP contribution in [0.4, 0.5) is 19.1 Å². The van der Waals surface area contributed by atoms with Crippen LogP contribution in [0.5, 0.6) is 5.88 Å². The Hall–Kier alpha value is -2.36. The zero-order chi connectivity index (χ0) is 21.4. The van der Waals surface area contributed by atoms with Gasteiger partial charge in [-0.2, -0.15) is 26.6 Å². The molecule has 3 rings (SSSR count). The van der Waals surface area contributed by atoms with E-state index < -0.39 is 21.5 Å². The summed E-state index contributed by atoms with van der Waals surface area (Å²) < 4.78 is 65.9. The molecule has 0 N–H and O–H groups in total. The first-order chi connectivity index (χ1) is 13.5. The van der Waals surface area contributed by atoms with E-state index in [-0.39, 0.29) is 24.0 Å². The number of aromatic nitrogens is 2. The van der Waals surface area contributed by atoms with E-state index in [2.05, 4.69) is 14.2 Å². The lowest BCUT2D eigenvalue weighted by Crippen LogP contribution is -2.30. The van der Waals surface area contributed by atoms with Crippen LogP contribution >= 0.6 is 0 Å². The summed E-state index contributed by atoms with van der Waals surface area (Å²) in [6.07, 6.45) is 1.92. The lowest BCUT2D eigenvalue weighted by Gasteiger charge is -2.26. The van der Waals surface area contributed by atoms with Gasteiger partial charge in [0.25, 0.3) is 0 Å². The fraction of sp³-hybridized carbons (Fsp3) is 0.474. The molecule has 10 heteroatoms. The molecule has 2 aromatic rings. The molecule has 0 bridgehead atoms. The molecule has 0 saturated carbocycles. The fourth-order valence-electron chi connectivity index (χ4n) is 3.45. The van der Waals surface area contributed by atoms with E-state index in [1.54, 1.807) is 13.8 Å². The van der Waals surface area contributed by atoms with Crippen molar-refractivity contribution >= 4 is 16.1 Å². The molecule has 1 fully saturated rings. The van der Waals surface area contributed by atoms with Crippen molar-refractivity contribution in [3.8, 4) is 5.88 Å². The highest BCUT2D eigenvalue weighted by molar-refractivity contribution is 7.87. The number of anilines is 1. The van der Waals surface area contributed by atoms with Crippen LogP contribution in [-0.4, -0.2) is 30.4 Å². The summed E-state index contributed by atoms with van der Waals surface area (Å²) in [5.74, 6) is -0.406. The molecule has 1 aliphatic rings. The highest BCUT2D eigenvalue weighted by atomic mass is 32.2. The monoisotopic (exact) mass is 429 g/mol. The Kier molecular flexibility index (Phi) is 5.75. The number of rotatable bonds is 5. The van der Waals surface area contributed by atoms with Crippen LogP contribution in [0.25, 0.3) is 0 Å². The molecule has 0 radical (unpaired) electrons. The van der Waals surface area contributed by atoms with Gasteiger partial charge in [-0.25, -0.2) is 4.98 Å². The Labute approximate surface area is 167 Å². The zero-order valence-electron chi connectivity index (χ0n) is 16.3. The van der Waals surface area contributed by atoms with Crippen molar-refractivity contribution in [3.05, 3.63) is 46.6 Å². The van der Waals surface area contributed by atoms with E-state index in [0.29, 0.717) is 12.2 Å². The first-order valence-electron chi connectivity index (χ1n) is 9.25. The van der Waals surface area contributed by atoms with Gasteiger partial charge in [0.05, 0.1) is 6.04 Å². The van der Waals surface area contributed by atoms with Gasteiger partial charge in [0, 0.05) is 17.8 Å². The van der Waals surface area contributed by atoms with E-state index in [1.807, 2.05) is 36.1 Å². The Morgan fingerprint density at radius 3 is 2.41 bits per heavy atom. The second-order valence-electron chi connectivity index (χ2n) is 6.99. The van der Waals surface area contributed by atoms with Gasteiger partial charge in [-0.15, -0.1) is 0 Å². The molecule has 1 aromatic heterocycles. The van der Waals surface area contributed by atoms with Crippen molar-refractivity contribution in [2.45, 2.75) is 51.6 Å². The van der Waals surface area contributed by atoms with Crippen LogP contribution in [0.2, 0.25) is 0 Å². The van der Waals surface area contributed by atoms with Gasteiger partial charge >= 0.3 is 15.6 Å². The molecule has 1 saturated heterocycles. The molecule has 0 spiro atoms. The summed E-state index contributed by atoms with van der Waals surface area (Å²) >= 11 is 0. The second-order valence-corrected chi connectivity index (χ2v) is 8.53. The van der Waals surface area contributed by atoms with Crippen molar-refractivity contribution in [1.82, 2.24) is 9.97 Å². The summed E-state index contributed by atoms with van der Waals surface area (Å²) in [6.45, 7) is 5.86. The summed E-state index contributed by atoms with van der Waals surface area (Å²) in [7, 11) is -5.82. The number of hydrogen-bond donors (Lipinski definition) is 0. The standard InChI is InChI=1S/C19H22F3N3O3S/c1-4-15-13(3)23-18(24-17(15)28-29(26,27)19(20,21)22)25-11-5-6-16(25)14-9-7-12(2)8-10-14/h7-10,16H,4-6,11H2,1-3H3/t16-/m0/s1. The minimum Gasteiger partial charge on any atom is -0.355 e. The number of hydrogen-bond acceptors (Lipinski definition) is 6. The lowest BCUT2D eigenvalue weighted by atomic mass is 10.0. The van der Waals surface area contributed by atoms with Gasteiger partial charge in [-0.1, -0.05) is 36.8 Å². The van der Waals surface area contributed by atoms with Crippen molar-refractivity contribution in [3.63, 3.8) is 0 Å². The van der Waals surface area contributed by atoms with Crippen LogP contribution < -0.4 is 9.08 Å². The number of alkyl halides is 3. The largest absolute Gasteiger partial charge is 0.534 e. The van der Waals surface area contributed by atoms with Gasteiger partial charge in [-0.05, 0) is 38.7 Å². The number of halogens is 3. The molecule has 1 atom stereocenters. The molecule has 6 nitrogen and oxygen atoms in total. The predicted molar refractivity (Wildman–Crippen MR) is 102 cm³/mol. The second kappa shape index (κ2) is 7.81. The normalized spacial score (nSPS) is 17.6. The predicted octanol–water partition coefficient (Wildman–Crippen LogP) is 4.23. The molecular weight excluding hydrogens is 407 g/mol. The Bertz CT molecular complexity index is 992. The SMILES string of the molecule is CCc1c(C)nc(N2CCC[C@H]2c2ccc(C)cc2)nc1OS(=O)(=O)C(F)(F)F. The molecule has 0 unspecified atom stereocenters. The van der Waals surface area contributed by atoms with Crippen molar-refractivity contribution in [2.75, 3.05) is 11.4 Å². The fourth-order valence-corrected chi connectivity index (χ4v) is 3.89. The summed E-state index contributed by atoms with van der Waals surface area (Å²) in [6, 6.07) is 7.92. The summed E-state index contributed by atoms with van der Waals surface area (Å²) in [5.41, 5.74) is -2.76. The summed E-state index contributed by atoms with van der Waals surface area (Å²) in [4.78, 5) is 10.4. The molecule has 0 aliphatic carbocycles. The lowest BCUT2D eigenvalue weighted by molar-refractivity contribution is -0.0501. The van der Waals surface area contributed by atoms with Crippen LogP contribution in [0.3, 0.4) is 0 Å². The third-order valence-corrected chi connectivity index (χ3v) is 5.91. The van der Waals surface area contributed by atoms with E-state index >= 15 is 0 Å². The molecule has 29 heavy (non-hydrogen) atoms. The van der Waals surface area contributed by atoms with E-state index in [0.717, 1.165) is 24.0 Å². The van der Waals surface area contributed by atoms with Crippen LogP contribution in [0.1, 0.15) is 48.2 Å². The zero-order valence-corrected chi connectivity index (χ0v) is 17.1. The van der Waals surface area contributed by atoms with Gasteiger partial charge in [0.1, 0.15) is 0 Å². The minimum atomic E-state index is -5.82. The first-order valence-corrected chi connectivity index (χ1v) is 10.7. The Balaban J connectivity index is 2.01. The molecule has 0 amide bonds. The number of nitrogens with zero attached hydrogens (tertiary/aromatic N) is 3. The van der Waals surface area contributed by atoms with Crippen LogP contribution in [0, 0.1) is 13.8 Å². The molecular formula is C19H22F3N3O3S. The van der Waals surface area contributed by atoms with Crippen LogP contribution in [0.15, 0.2) is 24.3 Å². The number of aryl methyl sites for hydroxylation is 2. The Morgan fingerprint density at radius 2 is 1.83 bits per heavy atom. The van der Waals surface area contributed by atoms with E-state index in [1.165, 1.54) is 0 Å². The van der Waals surface area contributed by atoms with Gasteiger partial charge in [-0.3, -0.25) is 0 Å². The van der Waals surface area contributed by atoms with E-state index in [9.17, 15) is 21.6 Å². The third-order valence-electron chi connectivity index (χ3n) is 4.96. The maximum Gasteiger partial charge on any atom is 0.534 e. The highest BCUT2D eigenvalue weighted by Gasteiger charge is 2.49. The van der Waals surface area contributed by atoms with Gasteiger partial charge < -0.3 is 9.08 Å². The maximum absolute atomic E-state index is 12.8. The van der Waals surface area contributed by atoms with Crippen LogP contribution in [-0.2, 0) is 16.5 Å². The minimum absolute atomic E-state index is 0.0467. The topological polar surface area (TPSA) is 72.4 Å². The smallest absolute Gasteiger partial charge is 0.355 e. The van der Waals surface area contributed by atoms with Crippen molar-refractivity contribution < 1.29 is 25.8 Å². The molecule has 2 heterocycles. The molecule has 1 aromatic carbocycles. The molecule has 1 aliphatic heterocycles. The average molecular weight is 429 g/mol. The van der Waals surface area contributed by atoms with Crippen molar-refractivity contribution in [1.29, 1.82) is 0 Å². The number of benzene rings is 1. The Morgan fingerprint density at radius 1 is 1.17 bits per heavy atom. The quantitative estimate of drug-likeness (QED) is 0.523. The average Bonchev–Trinajstić information content (AvgIpc) is 3.10.